The number of carbonyl (C=O) groups excluding carboxylic acids is 1. The number of carbonyl (C=O) groups is 1. The van der Waals surface area contributed by atoms with Crippen molar-refractivity contribution in [3.05, 3.63) is 30.6 Å². The highest BCUT2D eigenvalue weighted by atomic mass is 16.1. The average Bonchev–Trinajstić information content (AvgIpc) is 2.49. The van der Waals surface area contributed by atoms with Crippen molar-refractivity contribution in [2.45, 2.75) is 19.9 Å². The van der Waals surface area contributed by atoms with Gasteiger partial charge in [0.1, 0.15) is 0 Å². The van der Waals surface area contributed by atoms with Crippen LogP contribution in [0.4, 0.5) is 0 Å². The standard InChI is InChI=1S/C9H12N2O/c1-9(12)5-2-3-7-11-8-4-6-10-11/h2,4-6,8H,3,7H2,1H3/b5-2+. The van der Waals surface area contributed by atoms with Crippen LogP contribution in [0.3, 0.4) is 0 Å². The van der Waals surface area contributed by atoms with Crippen LogP contribution in [0, 0.1) is 0 Å². The molecule has 0 atom stereocenters. The maximum Gasteiger partial charge on any atom is 0.152 e. The van der Waals surface area contributed by atoms with Crippen LogP contribution in [0.25, 0.3) is 0 Å². The molecule has 1 aromatic rings. The summed E-state index contributed by atoms with van der Waals surface area (Å²) in [5.74, 6) is 0.0930. The highest BCUT2D eigenvalue weighted by Crippen LogP contribution is 1.90. The van der Waals surface area contributed by atoms with Crippen molar-refractivity contribution in [3.8, 4) is 0 Å². The molecular formula is C9H12N2O. The largest absolute Gasteiger partial charge is 0.295 e. The van der Waals surface area contributed by atoms with Crippen LogP contribution < -0.4 is 0 Å². The fourth-order valence-electron chi connectivity index (χ4n) is 0.889. The lowest BCUT2D eigenvalue weighted by Crippen LogP contribution is -1.96. The molecule has 0 fully saturated rings. The molecule has 0 aliphatic heterocycles. The van der Waals surface area contributed by atoms with Crippen molar-refractivity contribution in [2.75, 3.05) is 0 Å². The minimum absolute atomic E-state index is 0.0930. The first-order chi connectivity index (χ1) is 5.79. The zero-order valence-corrected chi connectivity index (χ0v) is 7.10. The Hall–Kier alpha value is -1.38. The van der Waals surface area contributed by atoms with Gasteiger partial charge in [0.2, 0.25) is 0 Å². The third-order valence-corrected chi connectivity index (χ3v) is 1.44. The van der Waals surface area contributed by atoms with Gasteiger partial charge >= 0.3 is 0 Å². The SMILES string of the molecule is CC(=O)/C=C/CCn1cccn1. The summed E-state index contributed by atoms with van der Waals surface area (Å²) in [6.45, 7) is 2.38. The van der Waals surface area contributed by atoms with Gasteiger partial charge in [-0.15, -0.1) is 0 Å². The smallest absolute Gasteiger partial charge is 0.152 e. The molecule has 1 rings (SSSR count). The molecule has 0 aromatic carbocycles. The van der Waals surface area contributed by atoms with Gasteiger partial charge in [-0.25, -0.2) is 0 Å². The molecule has 0 aliphatic rings. The van der Waals surface area contributed by atoms with E-state index in [1.807, 2.05) is 23.0 Å². The number of aromatic nitrogens is 2. The van der Waals surface area contributed by atoms with Gasteiger partial charge in [-0.3, -0.25) is 9.48 Å². The van der Waals surface area contributed by atoms with Gasteiger partial charge in [0.05, 0.1) is 0 Å². The molecule has 1 heterocycles. The van der Waals surface area contributed by atoms with Gasteiger partial charge in [0, 0.05) is 18.9 Å². The third kappa shape index (κ3) is 3.14. The highest BCUT2D eigenvalue weighted by molar-refractivity contribution is 5.87. The molecule has 0 unspecified atom stereocenters. The van der Waals surface area contributed by atoms with Crippen LogP contribution in [0.1, 0.15) is 13.3 Å². The van der Waals surface area contributed by atoms with Crippen molar-refractivity contribution < 1.29 is 4.79 Å². The van der Waals surface area contributed by atoms with E-state index in [9.17, 15) is 4.79 Å². The van der Waals surface area contributed by atoms with Crippen LogP contribution in [0.5, 0.6) is 0 Å². The first-order valence-corrected chi connectivity index (χ1v) is 3.93. The van der Waals surface area contributed by atoms with Gasteiger partial charge in [-0.1, -0.05) is 6.08 Å². The molecule has 0 spiro atoms. The average molecular weight is 164 g/mol. The van der Waals surface area contributed by atoms with Gasteiger partial charge in [0.25, 0.3) is 0 Å². The summed E-state index contributed by atoms with van der Waals surface area (Å²) in [6.07, 6.45) is 7.95. The second-order valence-electron chi connectivity index (χ2n) is 2.57. The number of aryl methyl sites for hydroxylation is 1. The zero-order valence-electron chi connectivity index (χ0n) is 7.10. The monoisotopic (exact) mass is 164 g/mol. The molecule has 0 N–H and O–H groups in total. The van der Waals surface area contributed by atoms with Crippen LogP contribution >= 0.6 is 0 Å². The summed E-state index contributed by atoms with van der Waals surface area (Å²) in [4.78, 5) is 10.5. The second kappa shape index (κ2) is 4.49. The normalized spacial score (nSPS) is 10.8. The summed E-state index contributed by atoms with van der Waals surface area (Å²) in [7, 11) is 0. The summed E-state index contributed by atoms with van der Waals surface area (Å²) in [6, 6.07) is 1.88. The number of nitrogens with zero attached hydrogens (tertiary/aromatic N) is 2. The lowest BCUT2D eigenvalue weighted by atomic mass is 10.3. The lowest BCUT2D eigenvalue weighted by molar-refractivity contribution is -0.112. The van der Waals surface area contributed by atoms with Crippen LogP contribution in [0.15, 0.2) is 30.6 Å². The van der Waals surface area contributed by atoms with E-state index in [1.54, 1.807) is 19.2 Å². The number of rotatable bonds is 4. The molecule has 0 radical (unpaired) electrons. The number of ketones is 1. The first-order valence-electron chi connectivity index (χ1n) is 3.93. The topological polar surface area (TPSA) is 34.9 Å². The van der Waals surface area contributed by atoms with Gasteiger partial charge in [0.15, 0.2) is 5.78 Å². The Morgan fingerprint density at radius 2 is 2.50 bits per heavy atom. The molecule has 3 heteroatoms. The maximum absolute atomic E-state index is 10.5. The molecule has 64 valence electrons. The summed E-state index contributed by atoms with van der Waals surface area (Å²) in [5.41, 5.74) is 0. The first kappa shape index (κ1) is 8.71. The quantitative estimate of drug-likeness (QED) is 0.631. The number of allylic oxidation sites excluding steroid dienone is 2. The van der Waals surface area contributed by atoms with Gasteiger partial charge in [-0.2, -0.15) is 5.10 Å². The Bertz CT molecular complexity index is 262. The van der Waals surface area contributed by atoms with Crippen LogP contribution in [-0.2, 0) is 11.3 Å². The lowest BCUT2D eigenvalue weighted by Gasteiger charge is -1.94. The van der Waals surface area contributed by atoms with Gasteiger partial charge in [-0.05, 0) is 25.5 Å². The third-order valence-electron chi connectivity index (χ3n) is 1.44. The molecular weight excluding hydrogens is 152 g/mol. The Morgan fingerprint density at radius 1 is 1.67 bits per heavy atom. The summed E-state index contributed by atoms with van der Waals surface area (Å²) < 4.78 is 1.84. The number of hydrogen-bond donors (Lipinski definition) is 0. The van der Waals surface area contributed by atoms with Crippen molar-refractivity contribution >= 4 is 5.78 Å². The Labute approximate surface area is 71.7 Å². The summed E-state index contributed by atoms with van der Waals surface area (Å²) in [5, 5.41) is 4.03. The second-order valence-corrected chi connectivity index (χ2v) is 2.57. The molecule has 0 aliphatic carbocycles. The van der Waals surface area contributed by atoms with E-state index in [0.29, 0.717) is 0 Å². The minimum atomic E-state index is 0.0930. The molecule has 0 saturated carbocycles. The van der Waals surface area contributed by atoms with E-state index in [4.69, 9.17) is 0 Å². The molecule has 3 nitrogen and oxygen atoms in total. The van der Waals surface area contributed by atoms with Crippen molar-refractivity contribution in [1.29, 1.82) is 0 Å². The Kier molecular flexibility index (Phi) is 3.26. The maximum atomic E-state index is 10.5. The molecule has 0 amide bonds. The van der Waals surface area contributed by atoms with Gasteiger partial charge < -0.3 is 0 Å². The molecule has 12 heavy (non-hydrogen) atoms. The molecule has 1 aromatic heterocycles. The van der Waals surface area contributed by atoms with Crippen molar-refractivity contribution in [1.82, 2.24) is 9.78 Å². The zero-order chi connectivity index (χ0) is 8.81. The van der Waals surface area contributed by atoms with Crippen molar-refractivity contribution in [3.63, 3.8) is 0 Å². The van der Waals surface area contributed by atoms with E-state index < -0.39 is 0 Å². The molecule has 0 saturated heterocycles. The predicted molar refractivity (Wildman–Crippen MR) is 46.7 cm³/mol. The summed E-state index contributed by atoms with van der Waals surface area (Å²) >= 11 is 0. The fraction of sp³-hybridized carbons (Fsp3) is 0.333. The fourth-order valence-corrected chi connectivity index (χ4v) is 0.889. The van der Waals surface area contributed by atoms with E-state index in [-0.39, 0.29) is 5.78 Å². The Morgan fingerprint density at radius 3 is 3.08 bits per heavy atom. The molecule has 0 bridgehead atoms. The Balaban J connectivity index is 2.23. The predicted octanol–water partition coefficient (Wildman–Crippen LogP) is 1.42. The number of hydrogen-bond acceptors (Lipinski definition) is 2. The van der Waals surface area contributed by atoms with Crippen molar-refractivity contribution in [2.24, 2.45) is 0 Å². The van der Waals surface area contributed by atoms with E-state index in [2.05, 4.69) is 5.10 Å². The highest BCUT2D eigenvalue weighted by Gasteiger charge is 1.87. The van der Waals surface area contributed by atoms with E-state index in [1.165, 1.54) is 0 Å². The minimum Gasteiger partial charge on any atom is -0.295 e. The van der Waals surface area contributed by atoms with E-state index >= 15 is 0 Å². The van der Waals surface area contributed by atoms with Crippen LogP contribution in [0.2, 0.25) is 0 Å². The van der Waals surface area contributed by atoms with E-state index in [0.717, 1.165) is 13.0 Å². The van der Waals surface area contributed by atoms with Crippen LogP contribution in [-0.4, -0.2) is 15.6 Å².